The summed E-state index contributed by atoms with van der Waals surface area (Å²) in [5, 5.41) is 0. The zero-order valence-electron chi connectivity index (χ0n) is 12.7. The van der Waals surface area contributed by atoms with Gasteiger partial charge >= 0.3 is 5.97 Å². The lowest BCUT2D eigenvalue weighted by Gasteiger charge is -2.33. The molecule has 3 nitrogen and oxygen atoms in total. The highest BCUT2D eigenvalue weighted by molar-refractivity contribution is 5.87. The molecule has 0 radical (unpaired) electrons. The van der Waals surface area contributed by atoms with Crippen molar-refractivity contribution in [2.75, 3.05) is 18.6 Å². The Balaban J connectivity index is 1.75. The van der Waals surface area contributed by atoms with Crippen molar-refractivity contribution in [3.8, 4) is 0 Å². The van der Waals surface area contributed by atoms with E-state index in [0.717, 1.165) is 24.6 Å². The second kappa shape index (κ2) is 6.33. The van der Waals surface area contributed by atoms with Gasteiger partial charge in [-0.3, -0.25) is 0 Å². The number of nitrogens with zero attached hydrogens (tertiary/aromatic N) is 1. The molecular weight excluding hydrogens is 262 g/mol. The van der Waals surface area contributed by atoms with E-state index in [1.165, 1.54) is 56.5 Å². The lowest BCUT2D eigenvalue weighted by Crippen LogP contribution is -2.35. The molecule has 1 aliphatic carbocycles. The van der Waals surface area contributed by atoms with Crippen LogP contribution in [0, 0.1) is 0 Å². The van der Waals surface area contributed by atoms with Crippen LogP contribution in [0.25, 0.3) is 6.08 Å². The summed E-state index contributed by atoms with van der Waals surface area (Å²) >= 11 is 0. The first kappa shape index (κ1) is 14.2. The van der Waals surface area contributed by atoms with Crippen LogP contribution in [0.4, 0.5) is 5.69 Å². The van der Waals surface area contributed by atoms with Gasteiger partial charge in [-0.25, -0.2) is 4.79 Å². The molecule has 1 aromatic rings. The minimum absolute atomic E-state index is 0.306. The van der Waals surface area contributed by atoms with Gasteiger partial charge in [0.15, 0.2) is 0 Å². The summed E-state index contributed by atoms with van der Waals surface area (Å²) in [5.74, 6) is -0.306. The summed E-state index contributed by atoms with van der Waals surface area (Å²) < 4.78 is 4.63. The first-order chi connectivity index (χ1) is 10.3. The van der Waals surface area contributed by atoms with E-state index in [4.69, 9.17) is 0 Å². The smallest absolute Gasteiger partial charge is 0.330 e. The molecule has 1 saturated carbocycles. The monoisotopic (exact) mass is 285 g/mol. The lowest BCUT2D eigenvalue weighted by molar-refractivity contribution is -0.134. The van der Waals surface area contributed by atoms with Crippen molar-refractivity contribution in [3.05, 3.63) is 35.4 Å². The third-order valence-corrected chi connectivity index (χ3v) is 4.66. The van der Waals surface area contributed by atoms with Gasteiger partial charge in [-0.2, -0.15) is 0 Å². The van der Waals surface area contributed by atoms with E-state index in [9.17, 15) is 4.79 Å². The van der Waals surface area contributed by atoms with Crippen LogP contribution in [-0.4, -0.2) is 25.7 Å². The summed E-state index contributed by atoms with van der Waals surface area (Å²) in [4.78, 5) is 13.8. The van der Waals surface area contributed by atoms with E-state index in [2.05, 4.69) is 27.8 Å². The Morgan fingerprint density at radius 1 is 1.29 bits per heavy atom. The Morgan fingerprint density at radius 2 is 2.10 bits per heavy atom. The number of ether oxygens (including phenoxy) is 1. The van der Waals surface area contributed by atoms with Crippen molar-refractivity contribution in [1.29, 1.82) is 0 Å². The predicted molar refractivity (Wildman–Crippen MR) is 85.4 cm³/mol. The second-order valence-corrected chi connectivity index (χ2v) is 5.98. The van der Waals surface area contributed by atoms with Gasteiger partial charge in [-0.1, -0.05) is 25.3 Å². The van der Waals surface area contributed by atoms with Gasteiger partial charge in [-0.05, 0) is 48.6 Å². The molecule has 2 aliphatic rings. The number of carbonyl (C=O) groups is 1. The Labute approximate surface area is 126 Å². The van der Waals surface area contributed by atoms with Gasteiger partial charge in [0.25, 0.3) is 0 Å². The van der Waals surface area contributed by atoms with Crippen molar-refractivity contribution in [2.24, 2.45) is 0 Å². The van der Waals surface area contributed by atoms with Crippen LogP contribution >= 0.6 is 0 Å². The summed E-state index contributed by atoms with van der Waals surface area (Å²) in [7, 11) is 1.40. The normalized spacial score (nSPS) is 19.0. The van der Waals surface area contributed by atoms with E-state index in [-0.39, 0.29) is 5.97 Å². The van der Waals surface area contributed by atoms with Crippen LogP contribution in [0.15, 0.2) is 24.3 Å². The van der Waals surface area contributed by atoms with Crippen molar-refractivity contribution < 1.29 is 9.53 Å². The standard InChI is InChI=1S/C18H23NO2/c1-21-18(20)10-8-14-7-9-17-15(13-14)11-12-19(17)16-5-3-2-4-6-16/h7-10,13,16H,2-6,11-12H2,1H3/b10-8+. The van der Waals surface area contributed by atoms with Gasteiger partial charge in [0.2, 0.25) is 0 Å². The molecule has 0 bridgehead atoms. The molecule has 1 heterocycles. The zero-order valence-corrected chi connectivity index (χ0v) is 12.7. The molecule has 0 saturated heterocycles. The summed E-state index contributed by atoms with van der Waals surface area (Å²) in [6, 6.07) is 7.25. The average molecular weight is 285 g/mol. The first-order valence-corrected chi connectivity index (χ1v) is 7.93. The molecule has 0 amide bonds. The summed E-state index contributed by atoms with van der Waals surface area (Å²) in [6.45, 7) is 1.14. The van der Waals surface area contributed by atoms with E-state index < -0.39 is 0 Å². The van der Waals surface area contributed by atoms with Crippen molar-refractivity contribution >= 4 is 17.7 Å². The lowest BCUT2D eigenvalue weighted by atomic mass is 9.94. The van der Waals surface area contributed by atoms with Crippen molar-refractivity contribution in [2.45, 2.75) is 44.6 Å². The topological polar surface area (TPSA) is 29.5 Å². The van der Waals surface area contributed by atoms with Gasteiger partial charge in [0, 0.05) is 24.4 Å². The fourth-order valence-electron chi connectivity index (χ4n) is 3.56. The molecule has 1 aliphatic heterocycles. The summed E-state index contributed by atoms with van der Waals surface area (Å²) in [5.41, 5.74) is 3.88. The van der Waals surface area contributed by atoms with E-state index in [1.807, 2.05) is 6.08 Å². The number of fused-ring (bicyclic) bond motifs is 1. The highest BCUT2D eigenvalue weighted by Crippen LogP contribution is 2.35. The Hall–Kier alpha value is -1.77. The van der Waals surface area contributed by atoms with Crippen LogP contribution in [0.3, 0.4) is 0 Å². The van der Waals surface area contributed by atoms with Gasteiger partial charge < -0.3 is 9.64 Å². The number of esters is 1. The highest BCUT2D eigenvalue weighted by atomic mass is 16.5. The van der Waals surface area contributed by atoms with Crippen LogP contribution in [0.2, 0.25) is 0 Å². The fraction of sp³-hybridized carbons (Fsp3) is 0.500. The number of benzene rings is 1. The molecule has 1 aromatic carbocycles. The second-order valence-electron chi connectivity index (χ2n) is 5.98. The molecule has 0 aromatic heterocycles. The third-order valence-electron chi connectivity index (χ3n) is 4.66. The number of carbonyl (C=O) groups excluding carboxylic acids is 1. The molecule has 3 heteroatoms. The molecule has 21 heavy (non-hydrogen) atoms. The molecule has 112 valence electrons. The Bertz CT molecular complexity index is 544. The van der Waals surface area contributed by atoms with Crippen LogP contribution in [-0.2, 0) is 16.0 Å². The number of hydrogen-bond donors (Lipinski definition) is 0. The van der Waals surface area contributed by atoms with E-state index in [0.29, 0.717) is 0 Å². The number of rotatable bonds is 3. The first-order valence-electron chi connectivity index (χ1n) is 7.93. The third kappa shape index (κ3) is 3.12. The minimum atomic E-state index is -0.306. The van der Waals surface area contributed by atoms with Gasteiger partial charge in [-0.15, -0.1) is 0 Å². The van der Waals surface area contributed by atoms with Crippen LogP contribution in [0.1, 0.15) is 43.2 Å². The van der Waals surface area contributed by atoms with Gasteiger partial charge in [0.05, 0.1) is 7.11 Å². The van der Waals surface area contributed by atoms with Crippen molar-refractivity contribution in [1.82, 2.24) is 0 Å². The largest absolute Gasteiger partial charge is 0.466 e. The number of methoxy groups -OCH3 is 1. The predicted octanol–water partition coefficient (Wildman–Crippen LogP) is 3.57. The Kier molecular flexibility index (Phi) is 4.28. The number of anilines is 1. The maximum atomic E-state index is 11.2. The highest BCUT2D eigenvalue weighted by Gasteiger charge is 2.27. The minimum Gasteiger partial charge on any atom is -0.466 e. The molecule has 0 unspecified atom stereocenters. The fourth-order valence-corrected chi connectivity index (χ4v) is 3.56. The SMILES string of the molecule is COC(=O)/C=C/c1ccc2c(c1)CCN2C1CCCCC1. The maximum Gasteiger partial charge on any atom is 0.330 e. The Morgan fingerprint density at radius 3 is 2.86 bits per heavy atom. The van der Waals surface area contributed by atoms with Crippen LogP contribution < -0.4 is 4.90 Å². The average Bonchev–Trinajstić information content (AvgIpc) is 2.96. The van der Waals surface area contributed by atoms with Crippen molar-refractivity contribution in [3.63, 3.8) is 0 Å². The summed E-state index contributed by atoms with van der Waals surface area (Å²) in [6.07, 6.45) is 11.2. The van der Waals surface area contributed by atoms with Gasteiger partial charge in [0.1, 0.15) is 0 Å². The molecule has 0 N–H and O–H groups in total. The van der Waals surface area contributed by atoms with E-state index in [1.54, 1.807) is 0 Å². The zero-order chi connectivity index (χ0) is 14.7. The molecule has 0 atom stereocenters. The molecular formula is C18H23NO2. The molecule has 1 fully saturated rings. The quantitative estimate of drug-likeness (QED) is 0.628. The molecule has 3 rings (SSSR count). The van der Waals surface area contributed by atoms with Crippen LogP contribution in [0.5, 0.6) is 0 Å². The van der Waals surface area contributed by atoms with E-state index >= 15 is 0 Å². The molecule has 0 spiro atoms. The maximum absolute atomic E-state index is 11.2. The number of hydrogen-bond acceptors (Lipinski definition) is 3.